The molecule has 24 heavy (non-hydrogen) atoms. The molecule has 1 amide bonds. The average molecular weight is 329 g/mol. The normalized spacial score (nSPS) is 21.7. The van der Waals surface area contributed by atoms with E-state index in [-0.39, 0.29) is 17.9 Å². The first-order chi connectivity index (χ1) is 11.6. The van der Waals surface area contributed by atoms with Crippen LogP contribution in [-0.2, 0) is 20.7 Å². The van der Waals surface area contributed by atoms with E-state index >= 15 is 0 Å². The Morgan fingerprint density at radius 1 is 1.38 bits per heavy atom. The van der Waals surface area contributed by atoms with E-state index in [0.717, 1.165) is 18.3 Å². The van der Waals surface area contributed by atoms with Gasteiger partial charge in [-0.25, -0.2) is 0 Å². The second-order valence-corrected chi connectivity index (χ2v) is 6.80. The predicted octanol–water partition coefficient (Wildman–Crippen LogP) is 3.22. The Morgan fingerprint density at radius 2 is 2.08 bits per heavy atom. The standard InChI is InChI=1S/C20H27NO3/c1-4-8-17(11-15(2)3)20(23)21-18(14-24-19(21)13-22)12-16-9-6-5-7-10-16/h4-7,9-10,13,15,17-19H,1,8,11-12,14H2,2-3H3/t17-,18-,19?/m0/s1. The molecule has 1 aliphatic heterocycles. The van der Waals surface area contributed by atoms with Crippen LogP contribution in [0.3, 0.4) is 0 Å². The maximum Gasteiger partial charge on any atom is 0.228 e. The van der Waals surface area contributed by atoms with Crippen molar-refractivity contribution in [2.24, 2.45) is 11.8 Å². The number of aldehydes is 1. The van der Waals surface area contributed by atoms with Gasteiger partial charge in [0.15, 0.2) is 12.5 Å². The molecule has 1 unspecified atom stereocenters. The SMILES string of the molecule is C=CC[C@@H](CC(C)C)C(=O)N1C(C=O)OC[C@@H]1Cc1ccccc1. The maximum atomic E-state index is 13.1. The molecule has 0 aromatic heterocycles. The summed E-state index contributed by atoms with van der Waals surface area (Å²) in [5.41, 5.74) is 1.14. The van der Waals surface area contributed by atoms with Crippen LogP contribution in [0.2, 0.25) is 0 Å². The van der Waals surface area contributed by atoms with Crippen LogP contribution in [0.25, 0.3) is 0 Å². The molecule has 0 spiro atoms. The third kappa shape index (κ3) is 4.54. The molecule has 4 nitrogen and oxygen atoms in total. The second kappa shape index (κ2) is 8.78. The zero-order chi connectivity index (χ0) is 17.5. The first-order valence-corrected chi connectivity index (χ1v) is 8.60. The number of rotatable bonds is 8. The highest BCUT2D eigenvalue weighted by Gasteiger charge is 2.40. The minimum atomic E-state index is -0.773. The number of ether oxygens (including phenoxy) is 1. The first-order valence-electron chi connectivity index (χ1n) is 8.60. The van der Waals surface area contributed by atoms with Gasteiger partial charge in [0.2, 0.25) is 5.91 Å². The first kappa shape index (κ1) is 18.4. The van der Waals surface area contributed by atoms with Crippen molar-refractivity contribution in [2.75, 3.05) is 6.61 Å². The van der Waals surface area contributed by atoms with Crippen LogP contribution in [0, 0.1) is 11.8 Å². The Labute approximate surface area is 144 Å². The third-order valence-electron chi connectivity index (χ3n) is 4.37. The van der Waals surface area contributed by atoms with E-state index in [0.29, 0.717) is 25.4 Å². The van der Waals surface area contributed by atoms with Crippen LogP contribution in [0.5, 0.6) is 0 Å². The quantitative estimate of drug-likeness (QED) is 0.543. The van der Waals surface area contributed by atoms with Gasteiger partial charge in [-0.05, 0) is 30.7 Å². The predicted molar refractivity (Wildman–Crippen MR) is 94.3 cm³/mol. The van der Waals surface area contributed by atoms with Crippen LogP contribution in [-0.4, -0.2) is 36.0 Å². The summed E-state index contributed by atoms with van der Waals surface area (Å²) in [6.07, 6.45) is 3.83. The lowest BCUT2D eigenvalue weighted by Crippen LogP contribution is -2.46. The molecule has 0 bridgehead atoms. The van der Waals surface area contributed by atoms with E-state index in [1.165, 1.54) is 0 Å². The van der Waals surface area contributed by atoms with Crippen LogP contribution >= 0.6 is 0 Å². The van der Waals surface area contributed by atoms with E-state index in [1.807, 2.05) is 30.3 Å². The van der Waals surface area contributed by atoms with Crippen molar-refractivity contribution in [3.63, 3.8) is 0 Å². The van der Waals surface area contributed by atoms with Gasteiger partial charge in [-0.15, -0.1) is 6.58 Å². The van der Waals surface area contributed by atoms with Crippen molar-refractivity contribution >= 4 is 12.2 Å². The number of carbonyl (C=O) groups excluding carboxylic acids is 2. The zero-order valence-electron chi connectivity index (χ0n) is 14.6. The summed E-state index contributed by atoms with van der Waals surface area (Å²) in [6, 6.07) is 9.89. The Bertz CT molecular complexity index is 555. The van der Waals surface area contributed by atoms with E-state index in [9.17, 15) is 9.59 Å². The van der Waals surface area contributed by atoms with Gasteiger partial charge in [0, 0.05) is 5.92 Å². The molecule has 1 aromatic rings. The number of hydrogen-bond acceptors (Lipinski definition) is 3. The highest BCUT2D eigenvalue weighted by Crippen LogP contribution is 2.26. The number of hydrogen-bond donors (Lipinski definition) is 0. The minimum Gasteiger partial charge on any atom is -0.349 e. The number of nitrogens with zero attached hydrogens (tertiary/aromatic N) is 1. The number of benzene rings is 1. The number of carbonyl (C=O) groups is 2. The Morgan fingerprint density at radius 3 is 2.67 bits per heavy atom. The van der Waals surface area contributed by atoms with Gasteiger partial charge in [0.05, 0.1) is 12.6 Å². The van der Waals surface area contributed by atoms with Crippen molar-refractivity contribution in [3.8, 4) is 0 Å². The van der Waals surface area contributed by atoms with Crippen molar-refractivity contribution < 1.29 is 14.3 Å². The molecule has 1 heterocycles. The smallest absolute Gasteiger partial charge is 0.228 e. The Balaban J connectivity index is 2.18. The summed E-state index contributed by atoms with van der Waals surface area (Å²) < 4.78 is 5.57. The molecule has 1 saturated heterocycles. The second-order valence-electron chi connectivity index (χ2n) is 6.80. The molecule has 1 fully saturated rings. The summed E-state index contributed by atoms with van der Waals surface area (Å²) in [6.45, 7) is 8.37. The highest BCUT2D eigenvalue weighted by molar-refractivity contribution is 5.82. The monoisotopic (exact) mass is 329 g/mol. The molecule has 4 heteroatoms. The molecule has 0 saturated carbocycles. The summed E-state index contributed by atoms with van der Waals surface area (Å²) in [5, 5.41) is 0. The van der Waals surface area contributed by atoms with Gasteiger partial charge >= 0.3 is 0 Å². The van der Waals surface area contributed by atoms with Gasteiger partial charge in [0.25, 0.3) is 0 Å². The molecule has 1 aliphatic rings. The van der Waals surface area contributed by atoms with Gasteiger partial charge in [-0.1, -0.05) is 50.3 Å². The number of amides is 1. The van der Waals surface area contributed by atoms with E-state index in [4.69, 9.17) is 4.74 Å². The minimum absolute atomic E-state index is 0.000805. The van der Waals surface area contributed by atoms with Crippen LogP contribution in [0.1, 0.15) is 32.3 Å². The Kier molecular flexibility index (Phi) is 6.73. The summed E-state index contributed by atoms with van der Waals surface area (Å²) in [5.74, 6) is 0.258. The topological polar surface area (TPSA) is 46.6 Å². The van der Waals surface area contributed by atoms with E-state index in [1.54, 1.807) is 11.0 Å². The Hall–Kier alpha value is -1.94. The van der Waals surface area contributed by atoms with E-state index < -0.39 is 6.23 Å². The van der Waals surface area contributed by atoms with Crippen LogP contribution < -0.4 is 0 Å². The molecule has 0 N–H and O–H groups in total. The highest BCUT2D eigenvalue weighted by atomic mass is 16.5. The molecular weight excluding hydrogens is 302 g/mol. The van der Waals surface area contributed by atoms with Gasteiger partial charge < -0.3 is 9.64 Å². The lowest BCUT2D eigenvalue weighted by molar-refractivity contribution is -0.146. The fourth-order valence-corrected chi connectivity index (χ4v) is 3.31. The van der Waals surface area contributed by atoms with Gasteiger partial charge in [0.1, 0.15) is 0 Å². The van der Waals surface area contributed by atoms with Gasteiger partial charge in [-0.3, -0.25) is 9.59 Å². The number of allylic oxidation sites excluding steroid dienone is 1. The molecule has 3 atom stereocenters. The third-order valence-corrected chi connectivity index (χ3v) is 4.37. The molecule has 0 aliphatic carbocycles. The molecule has 2 rings (SSSR count). The maximum absolute atomic E-state index is 13.1. The largest absolute Gasteiger partial charge is 0.349 e. The van der Waals surface area contributed by atoms with Crippen LogP contribution in [0.4, 0.5) is 0 Å². The summed E-state index contributed by atoms with van der Waals surface area (Å²) in [7, 11) is 0. The van der Waals surface area contributed by atoms with Crippen molar-refractivity contribution in [1.29, 1.82) is 0 Å². The average Bonchev–Trinajstić information content (AvgIpc) is 2.97. The molecular formula is C20H27NO3. The lowest BCUT2D eigenvalue weighted by atomic mass is 9.92. The zero-order valence-corrected chi connectivity index (χ0v) is 14.6. The van der Waals surface area contributed by atoms with E-state index in [2.05, 4.69) is 20.4 Å². The van der Waals surface area contributed by atoms with Crippen molar-refractivity contribution in [3.05, 3.63) is 48.6 Å². The summed E-state index contributed by atoms with van der Waals surface area (Å²) >= 11 is 0. The van der Waals surface area contributed by atoms with Crippen molar-refractivity contribution in [1.82, 2.24) is 4.90 Å². The molecule has 1 aromatic carbocycles. The van der Waals surface area contributed by atoms with Crippen LogP contribution in [0.15, 0.2) is 43.0 Å². The fourth-order valence-electron chi connectivity index (χ4n) is 3.31. The fraction of sp³-hybridized carbons (Fsp3) is 0.500. The summed E-state index contributed by atoms with van der Waals surface area (Å²) in [4.78, 5) is 26.1. The molecule has 0 radical (unpaired) electrons. The van der Waals surface area contributed by atoms with Crippen molar-refractivity contribution in [2.45, 2.75) is 45.4 Å². The molecule has 130 valence electrons. The van der Waals surface area contributed by atoms with Gasteiger partial charge in [-0.2, -0.15) is 0 Å². The lowest BCUT2D eigenvalue weighted by Gasteiger charge is -2.30.